The third-order valence-electron chi connectivity index (χ3n) is 10.3. The molecule has 0 bridgehead atoms. The molecule has 0 spiro atoms. The molecule has 1 amide bonds. The summed E-state index contributed by atoms with van der Waals surface area (Å²) in [5.41, 5.74) is 0. The maximum absolute atomic E-state index is 12.5. The summed E-state index contributed by atoms with van der Waals surface area (Å²) in [5.74, 6) is -0.996. The van der Waals surface area contributed by atoms with E-state index in [9.17, 15) is 22.9 Å². The number of aliphatic hydroxyl groups excluding tert-OH is 1. The van der Waals surface area contributed by atoms with E-state index in [1.165, 1.54) is 179 Å². The van der Waals surface area contributed by atoms with E-state index in [1.807, 2.05) is 6.08 Å². The highest BCUT2D eigenvalue weighted by Crippen LogP contribution is 2.15. The Morgan fingerprint density at radius 2 is 0.811 bits per heavy atom. The molecule has 0 aliphatic rings. The fourth-order valence-corrected chi connectivity index (χ4v) is 7.61. The zero-order chi connectivity index (χ0) is 38.9. The Bertz CT molecular complexity index is 976. The number of nitrogens with one attached hydrogen (secondary N) is 1. The Labute approximate surface area is 329 Å². The Kier molecular flexibility index (Phi) is 39.1. The van der Waals surface area contributed by atoms with E-state index in [1.54, 1.807) is 0 Å². The van der Waals surface area contributed by atoms with Crippen LogP contribution >= 0.6 is 0 Å². The van der Waals surface area contributed by atoms with Crippen molar-refractivity contribution >= 4 is 16.0 Å². The Hall–Kier alpha value is -1.44. The summed E-state index contributed by atoms with van der Waals surface area (Å²) in [6.07, 6.45) is 52.9. The number of carbonyl (C=O) groups excluding carboxylic acids is 1. The van der Waals surface area contributed by atoms with Gasteiger partial charge in [-0.2, -0.15) is 8.42 Å². The molecule has 0 rings (SSSR count). The monoisotopic (exact) mass is 766 g/mol. The van der Waals surface area contributed by atoms with Crippen LogP contribution in [0, 0.1) is 0 Å². The quantitative estimate of drug-likeness (QED) is 0.0327. The summed E-state index contributed by atoms with van der Waals surface area (Å²) in [6, 6.07) is -1.07. The summed E-state index contributed by atoms with van der Waals surface area (Å²) in [4.78, 5) is 12.5. The maximum atomic E-state index is 12.5. The number of amides is 1. The third-order valence-corrected chi connectivity index (χ3v) is 11.1. The summed E-state index contributed by atoms with van der Waals surface area (Å²) in [6.45, 7) is 4.53. The molecule has 0 fully saturated rings. The van der Waals surface area contributed by atoms with Crippen molar-refractivity contribution in [1.82, 2.24) is 5.32 Å². The molecular formula is C46H87NO5S. The topological polar surface area (TPSA) is 104 Å². The summed E-state index contributed by atoms with van der Waals surface area (Å²) < 4.78 is 32.5. The first-order valence-corrected chi connectivity index (χ1v) is 24.3. The fourth-order valence-electron chi connectivity index (χ4n) is 6.87. The number of hydrogen-bond donors (Lipinski definition) is 3. The van der Waals surface area contributed by atoms with Crippen molar-refractivity contribution in [3.63, 3.8) is 0 Å². The minimum atomic E-state index is -4.35. The second kappa shape index (κ2) is 40.2. The molecule has 7 heteroatoms. The van der Waals surface area contributed by atoms with Crippen molar-refractivity contribution in [2.75, 3.05) is 5.75 Å². The van der Waals surface area contributed by atoms with Gasteiger partial charge in [0.05, 0.1) is 17.9 Å². The van der Waals surface area contributed by atoms with Crippen molar-refractivity contribution in [2.24, 2.45) is 0 Å². The van der Waals surface area contributed by atoms with E-state index in [0.29, 0.717) is 0 Å². The summed E-state index contributed by atoms with van der Waals surface area (Å²) in [5, 5.41) is 13.2. The molecular weight excluding hydrogens is 679 g/mol. The number of unbranched alkanes of at least 4 members (excludes halogenated alkanes) is 29. The average molecular weight is 766 g/mol. The van der Waals surface area contributed by atoms with Gasteiger partial charge in [-0.05, 0) is 57.8 Å². The largest absolute Gasteiger partial charge is 0.387 e. The van der Waals surface area contributed by atoms with Crippen molar-refractivity contribution in [3.05, 3.63) is 36.5 Å². The normalized spacial score (nSPS) is 13.5. The Morgan fingerprint density at radius 1 is 0.491 bits per heavy atom. The van der Waals surface area contributed by atoms with Gasteiger partial charge in [0.1, 0.15) is 0 Å². The molecule has 0 aromatic heterocycles. The van der Waals surface area contributed by atoms with Crippen LogP contribution < -0.4 is 5.32 Å². The molecule has 0 aromatic carbocycles. The standard InChI is InChI=1S/C46H87NO5S/c1-3-5-7-9-11-13-15-17-19-20-21-22-23-24-25-26-28-30-32-34-36-38-40-42-46(49)47-44(43-53(50,51)52)45(48)41-39-37-35-33-31-29-27-18-16-14-12-10-8-6-4-2/h20-21,31,33,39,41,44-45,48H,3-19,22-30,32,34-38,40,42-43H2,1-2H3,(H,47,49)(H,50,51,52)/b21-20-,33-31+,41-39+. The van der Waals surface area contributed by atoms with Gasteiger partial charge in [0.25, 0.3) is 10.1 Å². The molecule has 2 unspecified atom stereocenters. The van der Waals surface area contributed by atoms with E-state index in [4.69, 9.17) is 0 Å². The van der Waals surface area contributed by atoms with E-state index in [0.717, 1.165) is 38.5 Å². The van der Waals surface area contributed by atoms with Crippen LogP contribution in [0.5, 0.6) is 0 Å². The van der Waals surface area contributed by atoms with Crippen molar-refractivity contribution in [2.45, 2.75) is 244 Å². The predicted molar refractivity (Wildman–Crippen MR) is 230 cm³/mol. The average Bonchev–Trinajstić information content (AvgIpc) is 3.12. The zero-order valence-corrected chi connectivity index (χ0v) is 35.7. The highest BCUT2D eigenvalue weighted by Gasteiger charge is 2.24. The molecule has 0 aliphatic heterocycles. The van der Waals surface area contributed by atoms with Gasteiger partial charge in [-0.1, -0.05) is 204 Å². The van der Waals surface area contributed by atoms with Crippen LogP contribution in [0.4, 0.5) is 0 Å². The highest BCUT2D eigenvalue weighted by atomic mass is 32.2. The van der Waals surface area contributed by atoms with E-state index >= 15 is 0 Å². The molecule has 0 aromatic rings. The molecule has 6 nitrogen and oxygen atoms in total. The molecule has 53 heavy (non-hydrogen) atoms. The number of rotatable bonds is 41. The second-order valence-corrected chi connectivity index (χ2v) is 17.2. The highest BCUT2D eigenvalue weighted by molar-refractivity contribution is 7.85. The first kappa shape index (κ1) is 51.6. The summed E-state index contributed by atoms with van der Waals surface area (Å²) >= 11 is 0. The minimum Gasteiger partial charge on any atom is -0.387 e. The van der Waals surface area contributed by atoms with Gasteiger partial charge < -0.3 is 10.4 Å². The van der Waals surface area contributed by atoms with Gasteiger partial charge in [-0.25, -0.2) is 0 Å². The van der Waals surface area contributed by atoms with Crippen molar-refractivity contribution in [1.29, 1.82) is 0 Å². The lowest BCUT2D eigenvalue weighted by Crippen LogP contribution is -2.46. The van der Waals surface area contributed by atoms with Crippen LogP contribution in [-0.2, 0) is 14.9 Å². The number of hydrogen-bond acceptors (Lipinski definition) is 4. The van der Waals surface area contributed by atoms with Gasteiger partial charge in [0, 0.05) is 6.42 Å². The van der Waals surface area contributed by atoms with Crippen LogP contribution in [0.25, 0.3) is 0 Å². The lowest BCUT2D eigenvalue weighted by molar-refractivity contribution is -0.122. The maximum Gasteiger partial charge on any atom is 0.267 e. The molecule has 0 saturated heterocycles. The van der Waals surface area contributed by atoms with Crippen LogP contribution in [0.3, 0.4) is 0 Å². The van der Waals surface area contributed by atoms with Crippen molar-refractivity contribution in [3.8, 4) is 0 Å². The molecule has 0 aliphatic carbocycles. The minimum absolute atomic E-state index is 0.287. The van der Waals surface area contributed by atoms with Gasteiger partial charge in [0.2, 0.25) is 5.91 Å². The van der Waals surface area contributed by atoms with Crippen LogP contribution in [-0.4, -0.2) is 41.9 Å². The molecule has 312 valence electrons. The van der Waals surface area contributed by atoms with Gasteiger partial charge >= 0.3 is 0 Å². The first-order valence-electron chi connectivity index (χ1n) is 22.7. The smallest absolute Gasteiger partial charge is 0.267 e. The Morgan fingerprint density at radius 3 is 1.19 bits per heavy atom. The predicted octanol–water partition coefficient (Wildman–Crippen LogP) is 13.7. The molecule has 2 atom stereocenters. The van der Waals surface area contributed by atoms with Gasteiger partial charge in [0.15, 0.2) is 0 Å². The number of aliphatic hydroxyl groups is 1. The first-order chi connectivity index (χ1) is 25.8. The lowest BCUT2D eigenvalue weighted by atomic mass is 10.0. The fraction of sp³-hybridized carbons (Fsp3) is 0.848. The van der Waals surface area contributed by atoms with Gasteiger partial charge in [-0.3, -0.25) is 9.35 Å². The molecule has 0 radical (unpaired) electrons. The third kappa shape index (κ3) is 41.6. The van der Waals surface area contributed by atoms with E-state index in [-0.39, 0.29) is 12.3 Å². The van der Waals surface area contributed by atoms with E-state index in [2.05, 4.69) is 43.5 Å². The van der Waals surface area contributed by atoms with Crippen LogP contribution in [0.1, 0.15) is 232 Å². The number of allylic oxidation sites excluding steroid dienone is 5. The summed E-state index contributed by atoms with van der Waals surface area (Å²) in [7, 11) is -4.35. The molecule has 0 heterocycles. The zero-order valence-electron chi connectivity index (χ0n) is 34.9. The van der Waals surface area contributed by atoms with Crippen molar-refractivity contribution < 1.29 is 22.9 Å². The molecule has 3 N–H and O–H groups in total. The lowest BCUT2D eigenvalue weighted by Gasteiger charge is -2.21. The Balaban J connectivity index is 3.85. The second-order valence-electron chi connectivity index (χ2n) is 15.7. The number of carbonyl (C=O) groups is 1. The van der Waals surface area contributed by atoms with E-state index < -0.39 is 28.0 Å². The van der Waals surface area contributed by atoms with Gasteiger partial charge in [-0.15, -0.1) is 0 Å². The van der Waals surface area contributed by atoms with Crippen LogP contribution in [0.2, 0.25) is 0 Å². The van der Waals surface area contributed by atoms with Crippen LogP contribution in [0.15, 0.2) is 36.5 Å². The SMILES string of the molecule is CCCCCCCCCC/C=C\CCCCCCCCCCCCCC(=O)NC(CS(=O)(=O)O)C(O)/C=C/CC/C=C/CCCCCCCCCCC. The molecule has 0 saturated carbocycles.